The van der Waals surface area contributed by atoms with Crippen LogP contribution in [0.15, 0.2) is 11.6 Å². The average molecular weight is 216 g/mol. The molecule has 1 heterocycles. The summed E-state index contributed by atoms with van der Waals surface area (Å²) in [6.07, 6.45) is 8.04. The van der Waals surface area contributed by atoms with Gasteiger partial charge in [-0.25, -0.2) is 4.98 Å². The highest BCUT2D eigenvalue weighted by atomic mass is 35.5. The lowest BCUT2D eigenvalue weighted by Gasteiger charge is -2.05. The van der Waals surface area contributed by atoms with Gasteiger partial charge in [-0.3, -0.25) is 0 Å². The van der Waals surface area contributed by atoms with Crippen molar-refractivity contribution in [1.82, 2.24) is 4.98 Å². The summed E-state index contributed by atoms with van der Waals surface area (Å²) >= 11 is 7.95. The van der Waals surface area contributed by atoms with Crippen molar-refractivity contribution < 1.29 is 0 Å². The zero-order chi connectivity index (χ0) is 9.10. The lowest BCUT2D eigenvalue weighted by atomic mass is 10.1. The molecule has 0 amide bonds. The molecule has 0 spiro atoms. The van der Waals surface area contributed by atoms with Gasteiger partial charge in [0, 0.05) is 17.0 Å². The summed E-state index contributed by atoms with van der Waals surface area (Å²) in [4.78, 5) is 4.25. The Bertz CT molecular complexity index is 243. The number of nitrogens with zero attached hydrogens (tertiary/aromatic N) is 1. The van der Waals surface area contributed by atoms with Crippen molar-refractivity contribution in [2.24, 2.45) is 5.92 Å². The average Bonchev–Trinajstić information content (AvgIpc) is 2.86. The summed E-state index contributed by atoms with van der Waals surface area (Å²) in [5.74, 6) is 0.831. The van der Waals surface area contributed by atoms with Gasteiger partial charge in [-0.05, 0) is 38.0 Å². The molecular formula is C10H14ClNS. The molecular weight excluding hydrogens is 202 g/mol. The van der Waals surface area contributed by atoms with Crippen molar-refractivity contribution in [3.63, 3.8) is 0 Å². The maximum Gasteiger partial charge on any atom is 0.0924 e. The second-order valence-electron chi connectivity index (χ2n) is 3.67. The Kier molecular flexibility index (Phi) is 3.23. The van der Waals surface area contributed by atoms with Crippen LogP contribution in [-0.4, -0.2) is 10.4 Å². The van der Waals surface area contributed by atoms with Crippen molar-refractivity contribution in [3.05, 3.63) is 16.6 Å². The third kappa shape index (κ3) is 2.96. The zero-order valence-corrected chi connectivity index (χ0v) is 9.15. The highest BCUT2D eigenvalue weighted by molar-refractivity contribution is 7.09. The second-order valence-corrected chi connectivity index (χ2v) is 5.21. The van der Waals surface area contributed by atoms with Crippen LogP contribution in [0, 0.1) is 5.92 Å². The fraction of sp³-hybridized carbons (Fsp3) is 0.700. The van der Waals surface area contributed by atoms with Crippen LogP contribution in [0.3, 0.4) is 0 Å². The van der Waals surface area contributed by atoms with Gasteiger partial charge < -0.3 is 0 Å². The van der Waals surface area contributed by atoms with E-state index in [-0.39, 0.29) is 0 Å². The van der Waals surface area contributed by atoms with Crippen LogP contribution in [0.4, 0.5) is 0 Å². The number of aryl methyl sites for hydroxylation is 1. The molecule has 72 valence electrons. The molecule has 1 nitrogen and oxygen atoms in total. The predicted octanol–water partition coefficient (Wildman–Crippen LogP) is 3.48. The van der Waals surface area contributed by atoms with Crippen LogP contribution in [0.1, 0.15) is 30.7 Å². The fourth-order valence-corrected chi connectivity index (χ4v) is 2.59. The second kappa shape index (κ2) is 4.43. The van der Waals surface area contributed by atoms with E-state index >= 15 is 0 Å². The molecule has 0 saturated heterocycles. The lowest BCUT2D eigenvalue weighted by molar-refractivity contribution is 0.636. The summed E-state index contributed by atoms with van der Waals surface area (Å²) in [5, 5.41) is 3.72. The maximum atomic E-state index is 6.20. The van der Waals surface area contributed by atoms with Crippen LogP contribution in [-0.2, 0) is 6.42 Å². The molecule has 1 aromatic heterocycles. The first-order valence-corrected chi connectivity index (χ1v) is 6.20. The summed E-state index contributed by atoms with van der Waals surface area (Å²) in [7, 11) is 0. The molecule has 2 rings (SSSR count). The van der Waals surface area contributed by atoms with Crippen LogP contribution in [0.5, 0.6) is 0 Å². The summed E-state index contributed by atoms with van der Waals surface area (Å²) in [5.41, 5.74) is 0. The molecule has 0 radical (unpaired) electrons. The Balaban J connectivity index is 1.63. The Morgan fingerprint density at radius 2 is 2.46 bits per heavy atom. The summed E-state index contributed by atoms with van der Waals surface area (Å²) in [6, 6.07) is 0. The maximum absolute atomic E-state index is 6.20. The van der Waals surface area contributed by atoms with Gasteiger partial charge in [0.05, 0.1) is 5.01 Å². The number of rotatable bonds is 5. The minimum atomic E-state index is 0.431. The van der Waals surface area contributed by atoms with Crippen molar-refractivity contribution in [2.75, 3.05) is 0 Å². The molecule has 1 fully saturated rings. The topological polar surface area (TPSA) is 12.9 Å². The Morgan fingerprint density at radius 1 is 1.62 bits per heavy atom. The monoisotopic (exact) mass is 215 g/mol. The smallest absolute Gasteiger partial charge is 0.0924 e. The molecule has 1 aliphatic rings. The normalized spacial score (nSPS) is 18.8. The van der Waals surface area contributed by atoms with Crippen LogP contribution < -0.4 is 0 Å². The third-order valence-electron chi connectivity index (χ3n) is 2.49. The molecule has 0 aliphatic heterocycles. The van der Waals surface area contributed by atoms with Gasteiger partial charge in [-0.1, -0.05) is 0 Å². The molecule has 1 atom stereocenters. The highest BCUT2D eigenvalue weighted by Crippen LogP contribution is 2.37. The fourth-order valence-electron chi connectivity index (χ4n) is 1.52. The number of thiazole rings is 1. The van der Waals surface area contributed by atoms with Gasteiger partial charge >= 0.3 is 0 Å². The van der Waals surface area contributed by atoms with E-state index in [1.165, 1.54) is 24.3 Å². The summed E-state index contributed by atoms with van der Waals surface area (Å²) in [6.45, 7) is 0. The van der Waals surface area contributed by atoms with Gasteiger partial charge in [0.25, 0.3) is 0 Å². The first kappa shape index (κ1) is 9.47. The van der Waals surface area contributed by atoms with E-state index in [9.17, 15) is 0 Å². The molecule has 13 heavy (non-hydrogen) atoms. The Hall–Kier alpha value is -0.0800. The van der Waals surface area contributed by atoms with Crippen LogP contribution in [0.2, 0.25) is 0 Å². The molecule has 1 aliphatic carbocycles. The van der Waals surface area contributed by atoms with E-state index in [4.69, 9.17) is 11.6 Å². The van der Waals surface area contributed by atoms with Gasteiger partial charge in [-0.2, -0.15) is 0 Å². The molecule has 1 aromatic rings. The van der Waals surface area contributed by atoms with E-state index in [2.05, 4.69) is 4.98 Å². The van der Waals surface area contributed by atoms with E-state index < -0.39 is 0 Å². The van der Waals surface area contributed by atoms with E-state index in [1.54, 1.807) is 11.3 Å². The molecule has 3 heteroatoms. The lowest BCUT2D eigenvalue weighted by Crippen LogP contribution is -2.01. The largest absolute Gasteiger partial charge is 0.250 e. The van der Waals surface area contributed by atoms with Crippen LogP contribution in [0.25, 0.3) is 0 Å². The first-order valence-electron chi connectivity index (χ1n) is 4.88. The van der Waals surface area contributed by atoms with Crippen molar-refractivity contribution >= 4 is 22.9 Å². The molecule has 0 bridgehead atoms. The molecule has 1 saturated carbocycles. The zero-order valence-electron chi connectivity index (χ0n) is 7.58. The van der Waals surface area contributed by atoms with E-state index in [1.807, 2.05) is 11.6 Å². The number of alkyl halides is 1. The van der Waals surface area contributed by atoms with Gasteiger partial charge in [0.2, 0.25) is 0 Å². The standard InChI is InChI=1S/C10H14ClNS/c11-9(8-4-5-8)2-1-3-10-12-6-7-13-10/h6-9H,1-5H2. The SMILES string of the molecule is ClC(CCCc1nccs1)C1CC1. The number of hydrogen-bond donors (Lipinski definition) is 0. The van der Waals surface area contributed by atoms with Crippen molar-refractivity contribution in [2.45, 2.75) is 37.5 Å². The highest BCUT2D eigenvalue weighted by Gasteiger charge is 2.28. The minimum absolute atomic E-state index is 0.431. The van der Waals surface area contributed by atoms with Gasteiger partial charge in [-0.15, -0.1) is 22.9 Å². The third-order valence-corrected chi connectivity index (χ3v) is 3.90. The van der Waals surface area contributed by atoms with E-state index in [0.29, 0.717) is 5.38 Å². The number of halogens is 1. The number of aromatic nitrogens is 1. The number of hydrogen-bond acceptors (Lipinski definition) is 2. The van der Waals surface area contributed by atoms with E-state index in [0.717, 1.165) is 18.8 Å². The Labute approximate surface area is 88.1 Å². The predicted molar refractivity (Wildman–Crippen MR) is 57.4 cm³/mol. The minimum Gasteiger partial charge on any atom is -0.250 e. The van der Waals surface area contributed by atoms with Crippen molar-refractivity contribution in [1.29, 1.82) is 0 Å². The molecule has 1 unspecified atom stereocenters. The molecule has 0 N–H and O–H groups in total. The Morgan fingerprint density at radius 3 is 3.08 bits per heavy atom. The van der Waals surface area contributed by atoms with Gasteiger partial charge in [0.1, 0.15) is 0 Å². The van der Waals surface area contributed by atoms with Crippen molar-refractivity contribution in [3.8, 4) is 0 Å². The first-order chi connectivity index (χ1) is 6.36. The molecule has 0 aromatic carbocycles. The quantitative estimate of drug-likeness (QED) is 0.686. The van der Waals surface area contributed by atoms with Crippen LogP contribution >= 0.6 is 22.9 Å². The summed E-state index contributed by atoms with van der Waals surface area (Å²) < 4.78 is 0. The van der Waals surface area contributed by atoms with Gasteiger partial charge in [0.15, 0.2) is 0 Å².